The van der Waals surface area contributed by atoms with Crippen LogP contribution in [0.25, 0.3) is 11.0 Å². The summed E-state index contributed by atoms with van der Waals surface area (Å²) in [5, 5.41) is 5.90. The van der Waals surface area contributed by atoms with E-state index in [1.165, 1.54) is 18.2 Å². The maximum atomic E-state index is 13.0. The Bertz CT molecular complexity index is 1300. The van der Waals surface area contributed by atoms with Gasteiger partial charge in [0.25, 0.3) is 0 Å². The first-order valence-electron chi connectivity index (χ1n) is 9.53. The average molecular weight is 441 g/mol. The van der Waals surface area contributed by atoms with Crippen LogP contribution in [-0.4, -0.2) is 43.7 Å². The third-order valence-corrected chi connectivity index (χ3v) is 6.84. The van der Waals surface area contributed by atoms with Gasteiger partial charge in [-0.3, -0.25) is 9.59 Å². The van der Waals surface area contributed by atoms with Gasteiger partial charge in [0.15, 0.2) is 0 Å². The number of hydrogen-bond acceptors (Lipinski definition) is 6. The number of carbonyl (C=O) groups is 2. The van der Waals surface area contributed by atoms with Crippen LogP contribution >= 0.6 is 0 Å². The molecule has 0 radical (unpaired) electrons. The first kappa shape index (κ1) is 20.8. The van der Waals surface area contributed by atoms with Gasteiger partial charge in [-0.05, 0) is 36.4 Å². The van der Waals surface area contributed by atoms with Crippen molar-refractivity contribution in [3.63, 3.8) is 0 Å². The van der Waals surface area contributed by atoms with E-state index in [4.69, 9.17) is 4.42 Å². The lowest BCUT2D eigenvalue weighted by Gasteiger charge is -2.33. The van der Waals surface area contributed by atoms with Crippen LogP contribution in [0, 0.1) is 0 Å². The summed E-state index contributed by atoms with van der Waals surface area (Å²) in [4.78, 5) is 36.4. The van der Waals surface area contributed by atoms with Crippen LogP contribution < -0.4 is 16.3 Å². The normalized spacial score (nSPS) is 17.3. The summed E-state index contributed by atoms with van der Waals surface area (Å²) in [5.41, 5.74) is 0.324. The van der Waals surface area contributed by atoms with Gasteiger partial charge in [-0.15, -0.1) is 0 Å². The minimum absolute atomic E-state index is 0.0612. The van der Waals surface area contributed by atoms with Gasteiger partial charge in [0.1, 0.15) is 11.6 Å². The van der Waals surface area contributed by atoms with Gasteiger partial charge in [0.05, 0.1) is 11.3 Å². The molecule has 0 aliphatic carbocycles. The Morgan fingerprint density at radius 3 is 2.65 bits per heavy atom. The monoisotopic (exact) mass is 441 g/mol. The molecule has 0 bridgehead atoms. The molecule has 2 heterocycles. The molecule has 4 rings (SSSR count). The van der Waals surface area contributed by atoms with E-state index in [1.807, 2.05) is 0 Å². The number of amides is 2. The highest BCUT2D eigenvalue weighted by Gasteiger charge is 2.39. The molecule has 2 N–H and O–H groups in total. The lowest BCUT2D eigenvalue weighted by Crippen LogP contribution is -2.57. The van der Waals surface area contributed by atoms with E-state index in [0.29, 0.717) is 16.7 Å². The Hall–Kier alpha value is -3.50. The van der Waals surface area contributed by atoms with Crippen molar-refractivity contribution in [2.45, 2.75) is 17.4 Å². The molecular formula is C21H19N3O6S. The van der Waals surface area contributed by atoms with Crippen LogP contribution in [0.2, 0.25) is 0 Å². The highest BCUT2D eigenvalue weighted by Crippen LogP contribution is 2.22. The first-order valence-corrected chi connectivity index (χ1v) is 11.0. The van der Waals surface area contributed by atoms with Crippen LogP contribution in [0.3, 0.4) is 0 Å². The zero-order chi connectivity index (χ0) is 22.0. The second-order valence-corrected chi connectivity index (χ2v) is 8.89. The molecule has 1 aliphatic heterocycles. The van der Waals surface area contributed by atoms with Crippen molar-refractivity contribution in [3.8, 4) is 0 Å². The van der Waals surface area contributed by atoms with E-state index in [9.17, 15) is 22.8 Å². The Balaban J connectivity index is 1.54. The van der Waals surface area contributed by atoms with Gasteiger partial charge in [-0.1, -0.05) is 18.2 Å². The van der Waals surface area contributed by atoms with Gasteiger partial charge in [0.2, 0.25) is 21.8 Å². The first-order chi connectivity index (χ1) is 14.8. The third kappa shape index (κ3) is 4.35. The molecule has 1 atom stereocenters. The largest absolute Gasteiger partial charge is 0.423 e. The second kappa shape index (κ2) is 8.32. The standard InChI is InChI=1S/C21H19N3O6S/c25-19(23-15-7-8-18-14(12-15)6-9-20(26)30-18)13-17-21(27)22-10-11-24(17)31(28,29)16-4-2-1-3-5-16/h1-9,12,17H,10-11,13H2,(H,22,27)(H,23,25). The number of nitrogens with zero attached hydrogens (tertiary/aromatic N) is 1. The summed E-state index contributed by atoms with van der Waals surface area (Å²) >= 11 is 0. The van der Waals surface area contributed by atoms with Crippen molar-refractivity contribution in [1.29, 1.82) is 0 Å². The van der Waals surface area contributed by atoms with Gasteiger partial charge < -0.3 is 15.1 Å². The predicted octanol–water partition coefficient (Wildman–Crippen LogP) is 1.31. The topological polar surface area (TPSA) is 126 Å². The summed E-state index contributed by atoms with van der Waals surface area (Å²) < 4.78 is 32.2. The van der Waals surface area contributed by atoms with E-state index in [2.05, 4.69) is 10.6 Å². The Labute approximate surface area is 177 Å². The van der Waals surface area contributed by atoms with Gasteiger partial charge >= 0.3 is 5.63 Å². The summed E-state index contributed by atoms with van der Waals surface area (Å²) in [5.74, 6) is -1.05. The van der Waals surface area contributed by atoms with Crippen LogP contribution in [0.4, 0.5) is 5.69 Å². The molecule has 3 aromatic rings. The molecule has 10 heteroatoms. The van der Waals surface area contributed by atoms with Crippen molar-refractivity contribution in [2.75, 3.05) is 18.4 Å². The smallest absolute Gasteiger partial charge is 0.336 e. The van der Waals surface area contributed by atoms with Gasteiger partial charge in [-0.25, -0.2) is 13.2 Å². The highest BCUT2D eigenvalue weighted by atomic mass is 32.2. The SMILES string of the molecule is O=C(CC1C(=O)NCCN1S(=O)(=O)c1ccccc1)Nc1ccc2oc(=O)ccc2c1. The van der Waals surface area contributed by atoms with Crippen molar-refractivity contribution in [2.24, 2.45) is 0 Å². The number of rotatable bonds is 5. The Morgan fingerprint density at radius 2 is 1.87 bits per heavy atom. The van der Waals surface area contributed by atoms with E-state index in [1.54, 1.807) is 42.5 Å². The van der Waals surface area contributed by atoms with E-state index in [-0.39, 0.29) is 24.4 Å². The molecule has 1 unspecified atom stereocenters. The molecule has 1 fully saturated rings. The zero-order valence-corrected chi connectivity index (χ0v) is 17.1. The van der Waals surface area contributed by atoms with Gasteiger partial charge in [-0.2, -0.15) is 4.31 Å². The van der Waals surface area contributed by atoms with Crippen molar-refractivity contribution >= 4 is 38.5 Å². The fourth-order valence-electron chi connectivity index (χ4n) is 3.44. The Kier molecular flexibility index (Phi) is 5.57. The summed E-state index contributed by atoms with van der Waals surface area (Å²) in [7, 11) is -3.94. The van der Waals surface area contributed by atoms with Crippen LogP contribution in [0.5, 0.6) is 0 Å². The number of hydrogen-bond donors (Lipinski definition) is 2. The van der Waals surface area contributed by atoms with Gasteiger partial charge in [0, 0.05) is 30.2 Å². The summed E-state index contributed by atoms with van der Waals surface area (Å²) in [6.45, 7) is 0.231. The minimum atomic E-state index is -3.94. The minimum Gasteiger partial charge on any atom is -0.423 e. The summed E-state index contributed by atoms with van der Waals surface area (Å²) in [6, 6.07) is 14.2. The molecule has 1 aliphatic rings. The lowest BCUT2D eigenvalue weighted by molar-refractivity contribution is -0.130. The maximum absolute atomic E-state index is 13.0. The van der Waals surface area contributed by atoms with Crippen LogP contribution in [-0.2, 0) is 19.6 Å². The van der Waals surface area contributed by atoms with Crippen molar-refractivity contribution in [1.82, 2.24) is 9.62 Å². The van der Waals surface area contributed by atoms with Crippen LogP contribution in [0.15, 0.2) is 74.8 Å². The predicted molar refractivity (Wildman–Crippen MR) is 113 cm³/mol. The number of carbonyl (C=O) groups excluding carboxylic acids is 2. The fraction of sp³-hybridized carbons (Fsp3) is 0.190. The number of nitrogens with one attached hydrogen (secondary N) is 2. The van der Waals surface area contributed by atoms with Crippen LogP contribution in [0.1, 0.15) is 6.42 Å². The molecule has 1 aromatic heterocycles. The molecule has 9 nitrogen and oxygen atoms in total. The second-order valence-electron chi connectivity index (χ2n) is 6.99. The van der Waals surface area contributed by atoms with E-state index >= 15 is 0 Å². The molecule has 2 aromatic carbocycles. The van der Waals surface area contributed by atoms with Crippen molar-refractivity contribution < 1.29 is 22.4 Å². The number of piperazine rings is 1. The fourth-order valence-corrected chi connectivity index (χ4v) is 5.05. The maximum Gasteiger partial charge on any atom is 0.336 e. The summed E-state index contributed by atoms with van der Waals surface area (Å²) in [6.07, 6.45) is -0.347. The molecular weight excluding hydrogens is 422 g/mol. The molecule has 160 valence electrons. The van der Waals surface area contributed by atoms with E-state index < -0.39 is 33.5 Å². The molecule has 2 amide bonds. The third-order valence-electron chi connectivity index (χ3n) is 4.91. The lowest BCUT2D eigenvalue weighted by atomic mass is 10.1. The Morgan fingerprint density at radius 1 is 1.10 bits per heavy atom. The quantitative estimate of drug-likeness (QED) is 0.575. The number of sulfonamides is 1. The molecule has 0 spiro atoms. The average Bonchev–Trinajstić information content (AvgIpc) is 2.76. The number of fused-ring (bicyclic) bond motifs is 1. The molecule has 1 saturated heterocycles. The van der Waals surface area contributed by atoms with Crippen molar-refractivity contribution in [3.05, 3.63) is 71.1 Å². The highest BCUT2D eigenvalue weighted by molar-refractivity contribution is 7.89. The number of benzene rings is 2. The zero-order valence-electron chi connectivity index (χ0n) is 16.3. The molecule has 31 heavy (non-hydrogen) atoms. The number of anilines is 1. The molecule has 0 saturated carbocycles. The van der Waals surface area contributed by atoms with E-state index in [0.717, 1.165) is 4.31 Å².